The van der Waals surface area contributed by atoms with Gasteiger partial charge >= 0.3 is 0 Å². The summed E-state index contributed by atoms with van der Waals surface area (Å²) in [7, 11) is -3.66. The molecular formula is C12H17N3O4S. The zero-order valence-corrected chi connectivity index (χ0v) is 11.9. The number of ether oxygens (including phenoxy) is 2. The molecule has 7 nitrogen and oxygen atoms in total. The Bertz CT molecular complexity index is 615. The number of hydrogen-bond acceptors (Lipinski definition) is 5. The first-order valence-electron chi connectivity index (χ1n) is 6.13. The summed E-state index contributed by atoms with van der Waals surface area (Å²) in [6.07, 6.45) is 0. The van der Waals surface area contributed by atoms with Crippen LogP contribution in [0, 0.1) is 11.3 Å². The first-order valence-corrected chi connectivity index (χ1v) is 7.61. The van der Waals surface area contributed by atoms with Crippen LogP contribution in [0.3, 0.4) is 0 Å². The van der Waals surface area contributed by atoms with Gasteiger partial charge < -0.3 is 15.2 Å². The van der Waals surface area contributed by atoms with Gasteiger partial charge in [0.1, 0.15) is 13.2 Å². The van der Waals surface area contributed by atoms with Crippen LogP contribution in [0.4, 0.5) is 0 Å². The number of hydrogen-bond donors (Lipinski definition) is 3. The molecule has 1 unspecified atom stereocenters. The standard InChI is InChI=1S/C12H17N3O4S/c1-8(12(13)14)7-15-20(16,17)9-2-3-10-11(6-9)19-5-4-18-10/h2-3,6,8,15H,4-5,7H2,1H3,(H3,13,14). The molecule has 0 saturated carbocycles. The molecule has 0 aliphatic carbocycles. The third-order valence-corrected chi connectivity index (χ3v) is 4.36. The molecule has 1 atom stereocenters. The van der Waals surface area contributed by atoms with Crippen molar-refractivity contribution in [2.75, 3.05) is 19.8 Å². The van der Waals surface area contributed by atoms with Gasteiger partial charge in [0, 0.05) is 18.5 Å². The molecule has 0 bridgehead atoms. The van der Waals surface area contributed by atoms with E-state index < -0.39 is 10.0 Å². The Balaban J connectivity index is 2.15. The lowest BCUT2D eigenvalue weighted by Crippen LogP contribution is -2.34. The van der Waals surface area contributed by atoms with Crippen molar-refractivity contribution in [3.05, 3.63) is 18.2 Å². The first-order chi connectivity index (χ1) is 9.40. The molecular weight excluding hydrogens is 282 g/mol. The van der Waals surface area contributed by atoms with Crippen molar-refractivity contribution >= 4 is 15.9 Å². The Hall–Kier alpha value is -1.80. The summed E-state index contributed by atoms with van der Waals surface area (Å²) in [6.45, 7) is 2.60. The summed E-state index contributed by atoms with van der Waals surface area (Å²) >= 11 is 0. The highest BCUT2D eigenvalue weighted by molar-refractivity contribution is 7.89. The molecule has 0 amide bonds. The fourth-order valence-corrected chi connectivity index (χ4v) is 2.76. The second kappa shape index (κ2) is 5.68. The minimum absolute atomic E-state index is 0.0603. The molecule has 110 valence electrons. The van der Waals surface area contributed by atoms with Crippen molar-refractivity contribution in [2.45, 2.75) is 11.8 Å². The second-order valence-electron chi connectivity index (χ2n) is 4.51. The monoisotopic (exact) mass is 299 g/mol. The highest BCUT2D eigenvalue weighted by atomic mass is 32.2. The summed E-state index contributed by atoms with van der Waals surface area (Å²) in [5, 5.41) is 7.24. The van der Waals surface area contributed by atoms with E-state index in [1.807, 2.05) is 0 Å². The van der Waals surface area contributed by atoms with Gasteiger partial charge in [-0.2, -0.15) is 0 Å². The van der Waals surface area contributed by atoms with Crippen molar-refractivity contribution in [1.29, 1.82) is 5.41 Å². The predicted molar refractivity (Wildman–Crippen MR) is 73.7 cm³/mol. The molecule has 20 heavy (non-hydrogen) atoms. The lowest BCUT2D eigenvalue weighted by Gasteiger charge is -2.19. The SMILES string of the molecule is CC(CNS(=O)(=O)c1ccc2c(c1)OCCO2)C(=N)N. The molecule has 4 N–H and O–H groups in total. The molecule has 1 aliphatic heterocycles. The Morgan fingerprint density at radius 3 is 2.70 bits per heavy atom. The van der Waals surface area contributed by atoms with E-state index in [2.05, 4.69) is 4.72 Å². The summed E-state index contributed by atoms with van der Waals surface area (Å²) < 4.78 is 37.4. The lowest BCUT2D eigenvalue weighted by molar-refractivity contribution is 0.171. The Kier molecular flexibility index (Phi) is 4.15. The van der Waals surface area contributed by atoms with Crippen molar-refractivity contribution in [3.8, 4) is 11.5 Å². The van der Waals surface area contributed by atoms with E-state index >= 15 is 0 Å². The van der Waals surface area contributed by atoms with Crippen LogP contribution in [0.2, 0.25) is 0 Å². The van der Waals surface area contributed by atoms with Crippen molar-refractivity contribution < 1.29 is 17.9 Å². The smallest absolute Gasteiger partial charge is 0.240 e. The molecule has 1 heterocycles. The van der Waals surface area contributed by atoms with Gasteiger partial charge in [-0.1, -0.05) is 6.92 Å². The topological polar surface area (TPSA) is 115 Å². The van der Waals surface area contributed by atoms with Crippen LogP contribution in [0.25, 0.3) is 0 Å². The van der Waals surface area contributed by atoms with Crippen molar-refractivity contribution in [3.63, 3.8) is 0 Å². The number of amidine groups is 1. The summed E-state index contributed by atoms with van der Waals surface area (Å²) in [4.78, 5) is 0.0949. The third-order valence-electron chi connectivity index (χ3n) is 2.93. The highest BCUT2D eigenvalue weighted by Gasteiger charge is 2.20. The van der Waals surface area contributed by atoms with Crippen LogP contribution in [-0.4, -0.2) is 34.0 Å². The Morgan fingerprint density at radius 2 is 2.05 bits per heavy atom. The van der Waals surface area contributed by atoms with Gasteiger partial charge in [0.25, 0.3) is 0 Å². The maximum absolute atomic E-state index is 12.1. The largest absolute Gasteiger partial charge is 0.486 e. The average molecular weight is 299 g/mol. The molecule has 0 saturated heterocycles. The Morgan fingerprint density at radius 1 is 1.40 bits per heavy atom. The number of benzene rings is 1. The van der Waals surface area contributed by atoms with Gasteiger partial charge in [-0.25, -0.2) is 13.1 Å². The molecule has 1 aromatic rings. The van der Waals surface area contributed by atoms with Gasteiger partial charge in [-0.3, -0.25) is 5.41 Å². The zero-order valence-electron chi connectivity index (χ0n) is 11.0. The van der Waals surface area contributed by atoms with Gasteiger partial charge in [0.2, 0.25) is 10.0 Å². The minimum atomic E-state index is -3.66. The van der Waals surface area contributed by atoms with Crippen molar-refractivity contribution in [2.24, 2.45) is 11.7 Å². The molecule has 2 rings (SSSR count). The fourth-order valence-electron chi connectivity index (χ4n) is 1.62. The van der Waals surface area contributed by atoms with Crippen LogP contribution in [0.15, 0.2) is 23.1 Å². The number of fused-ring (bicyclic) bond motifs is 1. The van der Waals surface area contributed by atoms with Crippen LogP contribution >= 0.6 is 0 Å². The number of sulfonamides is 1. The van der Waals surface area contributed by atoms with E-state index in [-0.39, 0.29) is 23.2 Å². The predicted octanol–water partition coefficient (Wildman–Crippen LogP) is 0.308. The van der Waals surface area contributed by atoms with Crippen LogP contribution in [0.1, 0.15) is 6.92 Å². The van der Waals surface area contributed by atoms with Gasteiger partial charge in [0.05, 0.1) is 10.7 Å². The summed E-state index contributed by atoms with van der Waals surface area (Å²) in [5.41, 5.74) is 5.31. The van der Waals surface area contributed by atoms with E-state index in [1.54, 1.807) is 13.0 Å². The Labute approximate surface area is 117 Å². The van der Waals surface area contributed by atoms with Crippen molar-refractivity contribution in [1.82, 2.24) is 4.72 Å². The zero-order chi connectivity index (χ0) is 14.8. The van der Waals surface area contributed by atoms with E-state index in [4.69, 9.17) is 20.6 Å². The highest BCUT2D eigenvalue weighted by Crippen LogP contribution is 2.32. The van der Waals surface area contributed by atoms with E-state index in [9.17, 15) is 8.42 Å². The molecule has 0 aromatic heterocycles. The average Bonchev–Trinajstić information content (AvgIpc) is 2.44. The summed E-state index contributed by atoms with van der Waals surface area (Å²) in [5.74, 6) is 0.530. The molecule has 0 spiro atoms. The van der Waals surface area contributed by atoms with E-state index in [0.717, 1.165) is 0 Å². The van der Waals surface area contributed by atoms with Crippen LogP contribution in [0.5, 0.6) is 11.5 Å². The number of nitrogens with one attached hydrogen (secondary N) is 2. The quantitative estimate of drug-likeness (QED) is 0.534. The summed E-state index contributed by atoms with van der Waals surface area (Å²) in [6, 6.07) is 4.45. The number of nitrogens with two attached hydrogens (primary N) is 1. The lowest BCUT2D eigenvalue weighted by atomic mass is 10.2. The van der Waals surface area contributed by atoms with E-state index in [1.165, 1.54) is 12.1 Å². The minimum Gasteiger partial charge on any atom is -0.486 e. The molecule has 0 radical (unpaired) electrons. The van der Waals surface area contributed by atoms with Crippen LogP contribution in [-0.2, 0) is 10.0 Å². The van der Waals surface area contributed by atoms with Crippen LogP contribution < -0.4 is 19.9 Å². The van der Waals surface area contributed by atoms with E-state index in [0.29, 0.717) is 24.7 Å². The molecule has 1 aliphatic rings. The molecule has 0 fully saturated rings. The molecule has 8 heteroatoms. The first kappa shape index (κ1) is 14.6. The second-order valence-corrected chi connectivity index (χ2v) is 6.28. The molecule has 1 aromatic carbocycles. The number of rotatable bonds is 5. The van der Waals surface area contributed by atoms with Gasteiger partial charge in [-0.05, 0) is 12.1 Å². The normalized spacial score (nSPS) is 15.7. The van der Waals surface area contributed by atoms with Gasteiger partial charge in [-0.15, -0.1) is 0 Å². The maximum Gasteiger partial charge on any atom is 0.240 e. The third kappa shape index (κ3) is 3.20. The maximum atomic E-state index is 12.1. The fraction of sp³-hybridized carbons (Fsp3) is 0.417. The van der Waals surface area contributed by atoms with Gasteiger partial charge in [0.15, 0.2) is 11.5 Å².